The standard InChI is InChI=1S/C8H2Cl3NO/c9-5-1-4(3-12)7(8(11)13)6(10)2-5/h1-2H. The van der Waals surface area contributed by atoms with E-state index < -0.39 is 5.24 Å². The Labute approximate surface area is 89.6 Å². The van der Waals surface area contributed by atoms with Crippen molar-refractivity contribution < 1.29 is 4.79 Å². The number of benzene rings is 1. The van der Waals surface area contributed by atoms with Crippen molar-refractivity contribution >= 4 is 40.0 Å². The number of nitriles is 1. The third-order valence-electron chi connectivity index (χ3n) is 1.37. The molecule has 0 aliphatic heterocycles. The van der Waals surface area contributed by atoms with Crippen molar-refractivity contribution in [3.05, 3.63) is 33.3 Å². The molecular weight excluding hydrogens is 232 g/mol. The van der Waals surface area contributed by atoms with Crippen molar-refractivity contribution in [3.63, 3.8) is 0 Å². The van der Waals surface area contributed by atoms with Gasteiger partial charge in [-0.3, -0.25) is 4.79 Å². The van der Waals surface area contributed by atoms with Crippen LogP contribution in [0.3, 0.4) is 0 Å². The molecule has 0 N–H and O–H groups in total. The smallest absolute Gasteiger partial charge is 0.255 e. The molecular formula is C8H2Cl3NO. The van der Waals surface area contributed by atoms with Gasteiger partial charge < -0.3 is 0 Å². The van der Waals surface area contributed by atoms with E-state index in [0.717, 1.165) is 0 Å². The molecule has 0 bridgehead atoms. The van der Waals surface area contributed by atoms with Gasteiger partial charge in [0, 0.05) is 5.02 Å². The van der Waals surface area contributed by atoms with Crippen LogP contribution in [0.5, 0.6) is 0 Å². The minimum atomic E-state index is -0.766. The lowest BCUT2D eigenvalue weighted by Gasteiger charge is -2.01. The molecule has 0 amide bonds. The first kappa shape index (κ1) is 10.3. The van der Waals surface area contributed by atoms with Gasteiger partial charge in [-0.15, -0.1) is 0 Å². The van der Waals surface area contributed by atoms with E-state index in [1.54, 1.807) is 6.07 Å². The maximum atomic E-state index is 10.8. The molecule has 0 aliphatic carbocycles. The van der Waals surface area contributed by atoms with Gasteiger partial charge in [0.05, 0.1) is 16.1 Å². The Balaban J connectivity index is 3.50. The Bertz CT molecular complexity index is 409. The van der Waals surface area contributed by atoms with Crippen LogP contribution in [0.2, 0.25) is 10.0 Å². The number of rotatable bonds is 1. The lowest BCUT2D eigenvalue weighted by atomic mass is 10.1. The summed E-state index contributed by atoms with van der Waals surface area (Å²) in [6, 6.07) is 4.48. The van der Waals surface area contributed by atoms with E-state index in [9.17, 15) is 4.79 Å². The Morgan fingerprint density at radius 3 is 2.46 bits per heavy atom. The Morgan fingerprint density at radius 1 is 1.38 bits per heavy atom. The summed E-state index contributed by atoms with van der Waals surface area (Å²) in [6.07, 6.45) is 0. The fraction of sp³-hybridized carbons (Fsp3) is 0. The van der Waals surface area contributed by atoms with E-state index in [2.05, 4.69) is 0 Å². The number of carbonyl (C=O) groups excluding carboxylic acids is 1. The van der Waals surface area contributed by atoms with Gasteiger partial charge in [0.15, 0.2) is 0 Å². The van der Waals surface area contributed by atoms with Crippen molar-refractivity contribution in [1.29, 1.82) is 5.26 Å². The number of hydrogen-bond donors (Lipinski definition) is 0. The predicted molar refractivity (Wildman–Crippen MR) is 51.4 cm³/mol. The minimum Gasteiger partial charge on any atom is -0.276 e. The van der Waals surface area contributed by atoms with Gasteiger partial charge in [-0.2, -0.15) is 5.26 Å². The van der Waals surface area contributed by atoms with Crippen LogP contribution in [-0.2, 0) is 0 Å². The van der Waals surface area contributed by atoms with Crippen LogP contribution in [0.15, 0.2) is 12.1 Å². The normalized spacial score (nSPS) is 9.38. The van der Waals surface area contributed by atoms with Crippen molar-refractivity contribution in [1.82, 2.24) is 0 Å². The molecule has 13 heavy (non-hydrogen) atoms. The summed E-state index contributed by atoms with van der Waals surface area (Å²) in [5, 5.41) is 8.25. The predicted octanol–water partition coefficient (Wildman–Crippen LogP) is 3.24. The summed E-state index contributed by atoms with van der Waals surface area (Å²) in [6.45, 7) is 0. The first-order valence-corrected chi connectivity index (χ1v) is 4.28. The van der Waals surface area contributed by atoms with Crippen molar-refractivity contribution in [2.45, 2.75) is 0 Å². The molecule has 0 aromatic heterocycles. The van der Waals surface area contributed by atoms with Crippen LogP contribution in [0.1, 0.15) is 15.9 Å². The van der Waals surface area contributed by atoms with E-state index in [4.69, 9.17) is 40.1 Å². The highest BCUT2D eigenvalue weighted by atomic mass is 35.5. The van der Waals surface area contributed by atoms with Gasteiger partial charge in [-0.1, -0.05) is 23.2 Å². The maximum Gasteiger partial charge on any atom is 0.255 e. The molecule has 0 aliphatic rings. The quantitative estimate of drug-likeness (QED) is 0.700. The highest BCUT2D eigenvalue weighted by molar-refractivity contribution is 6.69. The van der Waals surface area contributed by atoms with Crippen LogP contribution in [0.25, 0.3) is 0 Å². The molecule has 0 spiro atoms. The first-order valence-electron chi connectivity index (χ1n) is 3.15. The van der Waals surface area contributed by atoms with Crippen LogP contribution < -0.4 is 0 Å². The van der Waals surface area contributed by atoms with Gasteiger partial charge in [0.25, 0.3) is 5.24 Å². The fourth-order valence-electron chi connectivity index (χ4n) is 0.862. The average molecular weight is 234 g/mol. The molecule has 0 radical (unpaired) electrons. The largest absolute Gasteiger partial charge is 0.276 e. The Morgan fingerprint density at radius 2 is 2.00 bits per heavy atom. The summed E-state index contributed by atoms with van der Waals surface area (Å²) < 4.78 is 0. The van der Waals surface area contributed by atoms with Crippen molar-refractivity contribution in [3.8, 4) is 6.07 Å². The fourth-order valence-corrected chi connectivity index (χ4v) is 1.69. The number of hydrogen-bond acceptors (Lipinski definition) is 2. The molecule has 1 aromatic carbocycles. The molecule has 0 fully saturated rings. The van der Waals surface area contributed by atoms with E-state index >= 15 is 0 Å². The van der Waals surface area contributed by atoms with Crippen LogP contribution in [-0.4, -0.2) is 5.24 Å². The minimum absolute atomic E-state index is 0.00441. The summed E-state index contributed by atoms with van der Waals surface area (Å²) in [5.41, 5.74) is 0.0766. The molecule has 1 rings (SSSR count). The zero-order valence-corrected chi connectivity index (χ0v) is 8.41. The van der Waals surface area contributed by atoms with E-state index in [1.165, 1.54) is 12.1 Å². The number of carbonyl (C=O) groups is 1. The second kappa shape index (κ2) is 3.97. The summed E-state index contributed by atoms with van der Waals surface area (Å²) in [7, 11) is 0. The zero-order chi connectivity index (χ0) is 10.0. The third kappa shape index (κ3) is 2.13. The molecule has 1 aromatic rings. The molecule has 0 unspecified atom stereocenters. The second-order valence-corrected chi connectivity index (χ2v) is 3.38. The van der Waals surface area contributed by atoms with E-state index in [0.29, 0.717) is 5.02 Å². The van der Waals surface area contributed by atoms with Gasteiger partial charge in [-0.25, -0.2) is 0 Å². The molecule has 2 nitrogen and oxygen atoms in total. The maximum absolute atomic E-state index is 10.8. The zero-order valence-electron chi connectivity index (χ0n) is 6.14. The summed E-state index contributed by atoms with van der Waals surface area (Å²) in [5.74, 6) is 0. The number of nitrogens with zero attached hydrogens (tertiary/aromatic N) is 1. The monoisotopic (exact) mass is 233 g/mol. The van der Waals surface area contributed by atoms with Gasteiger partial charge in [-0.05, 0) is 23.7 Å². The third-order valence-corrected chi connectivity index (χ3v) is 2.08. The SMILES string of the molecule is N#Cc1cc(Cl)cc(Cl)c1C(=O)Cl. The molecule has 5 heteroatoms. The van der Waals surface area contributed by atoms with Crippen molar-refractivity contribution in [2.24, 2.45) is 0 Å². The van der Waals surface area contributed by atoms with Gasteiger partial charge in [0.1, 0.15) is 6.07 Å². The molecule has 0 atom stereocenters. The van der Waals surface area contributed by atoms with Gasteiger partial charge in [0.2, 0.25) is 0 Å². The first-order chi connectivity index (χ1) is 6.06. The highest BCUT2D eigenvalue weighted by Gasteiger charge is 2.14. The van der Waals surface area contributed by atoms with E-state index in [-0.39, 0.29) is 16.1 Å². The number of halogens is 3. The molecule has 0 saturated carbocycles. The Kier molecular flexibility index (Phi) is 3.16. The van der Waals surface area contributed by atoms with Gasteiger partial charge >= 0.3 is 0 Å². The lowest BCUT2D eigenvalue weighted by Crippen LogP contribution is -1.95. The molecule has 0 saturated heterocycles. The average Bonchev–Trinajstić information content (AvgIpc) is 2.01. The topological polar surface area (TPSA) is 40.9 Å². The van der Waals surface area contributed by atoms with Crippen molar-refractivity contribution in [2.75, 3.05) is 0 Å². The molecule has 0 heterocycles. The van der Waals surface area contributed by atoms with E-state index in [1.807, 2.05) is 0 Å². The summed E-state index contributed by atoms with van der Waals surface area (Å²) in [4.78, 5) is 10.8. The summed E-state index contributed by atoms with van der Waals surface area (Å²) >= 11 is 16.5. The molecule has 66 valence electrons. The van der Waals surface area contributed by atoms with Crippen LogP contribution in [0, 0.1) is 11.3 Å². The van der Waals surface area contributed by atoms with Crippen LogP contribution in [0.4, 0.5) is 0 Å². The lowest BCUT2D eigenvalue weighted by molar-refractivity contribution is 0.108. The Hall–Kier alpha value is -0.750. The van der Waals surface area contributed by atoms with Crippen LogP contribution >= 0.6 is 34.8 Å². The highest BCUT2D eigenvalue weighted by Crippen LogP contribution is 2.26. The second-order valence-electron chi connectivity index (χ2n) is 2.20.